The Bertz CT molecular complexity index is 1640. The standard InChI is InChI=1S/C32H32N2O10.ClH/c1-15-26(35)20(33)11-22(43-15)44-21-13-32(41,14-42-31(40)34-16-7-3-2-4-8-16)12-19-23(21)30(39)25-24(29(19)38)27(36)17-9-5-6-10-18(17)28(25)37;/h2-10,15,20-22,26,35,38-39,41H,11-14,33H2,1H3,(H,34,40);1H/t15-,20+,21-,22-,26-,32-;/m0./s1. The highest BCUT2D eigenvalue weighted by Gasteiger charge is 2.48. The second-order valence-corrected chi connectivity index (χ2v) is 11.5. The van der Waals surface area contributed by atoms with Crippen molar-refractivity contribution in [3.63, 3.8) is 0 Å². The lowest BCUT2D eigenvalue weighted by atomic mass is 9.73. The average molecular weight is 641 g/mol. The molecule has 1 heterocycles. The predicted molar refractivity (Wildman–Crippen MR) is 162 cm³/mol. The number of ketones is 2. The van der Waals surface area contributed by atoms with Crippen LogP contribution in [0.3, 0.4) is 0 Å². The number of aromatic hydroxyl groups is 2. The van der Waals surface area contributed by atoms with E-state index < -0.39 is 72.0 Å². The number of fused-ring (bicyclic) bond motifs is 3. The van der Waals surface area contributed by atoms with Gasteiger partial charge in [0.25, 0.3) is 0 Å². The molecule has 45 heavy (non-hydrogen) atoms. The van der Waals surface area contributed by atoms with Gasteiger partial charge in [0.1, 0.15) is 23.7 Å². The van der Waals surface area contributed by atoms with E-state index in [0.29, 0.717) is 5.69 Å². The number of carbonyl (C=O) groups is 3. The van der Waals surface area contributed by atoms with E-state index in [1.807, 2.05) is 0 Å². The topological polar surface area (TPSA) is 198 Å². The normalized spacial score (nSPS) is 27.0. The molecule has 0 radical (unpaired) electrons. The molecule has 0 aromatic heterocycles. The van der Waals surface area contributed by atoms with Crippen molar-refractivity contribution in [2.24, 2.45) is 5.73 Å². The van der Waals surface area contributed by atoms with Crippen LogP contribution in [0.4, 0.5) is 10.5 Å². The van der Waals surface area contributed by atoms with E-state index in [9.17, 15) is 34.8 Å². The number of anilines is 1. The first-order chi connectivity index (χ1) is 21.0. The maximum absolute atomic E-state index is 13.5. The number of ether oxygens (including phenoxy) is 3. The molecular formula is C32H33ClN2O10. The van der Waals surface area contributed by atoms with Crippen LogP contribution >= 0.6 is 12.4 Å². The maximum atomic E-state index is 13.5. The minimum atomic E-state index is -1.84. The van der Waals surface area contributed by atoms with Crippen molar-refractivity contribution in [2.45, 2.75) is 62.4 Å². The Labute approximate surface area is 264 Å². The minimum Gasteiger partial charge on any atom is -0.507 e. The van der Waals surface area contributed by atoms with Gasteiger partial charge in [-0.1, -0.05) is 42.5 Å². The number of phenolic OH excluding ortho intramolecular Hbond substituents is 2. The Morgan fingerprint density at radius 1 is 1.02 bits per heavy atom. The Kier molecular flexibility index (Phi) is 8.91. The number of aliphatic hydroxyl groups is 2. The molecule has 6 rings (SSSR count). The van der Waals surface area contributed by atoms with Gasteiger partial charge in [-0.25, -0.2) is 4.79 Å². The number of benzene rings is 3. The number of carbonyl (C=O) groups excluding carboxylic acids is 3. The van der Waals surface area contributed by atoms with Gasteiger partial charge in [-0.05, 0) is 19.1 Å². The highest BCUT2D eigenvalue weighted by molar-refractivity contribution is 6.30. The monoisotopic (exact) mass is 640 g/mol. The summed E-state index contributed by atoms with van der Waals surface area (Å²) in [5.41, 5.74) is 4.06. The molecule has 12 nitrogen and oxygen atoms in total. The molecule has 13 heteroatoms. The summed E-state index contributed by atoms with van der Waals surface area (Å²) in [6.45, 7) is 1.07. The summed E-state index contributed by atoms with van der Waals surface area (Å²) in [4.78, 5) is 39.6. The van der Waals surface area contributed by atoms with Crippen molar-refractivity contribution in [1.82, 2.24) is 0 Å². The van der Waals surface area contributed by atoms with Gasteiger partial charge in [0, 0.05) is 53.2 Å². The number of hydrogen-bond acceptors (Lipinski definition) is 11. The maximum Gasteiger partial charge on any atom is 0.411 e. The van der Waals surface area contributed by atoms with Crippen molar-refractivity contribution in [2.75, 3.05) is 11.9 Å². The van der Waals surface area contributed by atoms with Crippen molar-refractivity contribution >= 4 is 35.8 Å². The third-order valence-corrected chi connectivity index (χ3v) is 8.41. The number of nitrogens with two attached hydrogens (primary N) is 1. The van der Waals surface area contributed by atoms with Crippen molar-refractivity contribution in [3.05, 3.63) is 88.0 Å². The van der Waals surface area contributed by atoms with Crippen molar-refractivity contribution in [1.29, 1.82) is 0 Å². The van der Waals surface area contributed by atoms with E-state index in [0.717, 1.165) is 0 Å². The largest absolute Gasteiger partial charge is 0.507 e. The number of phenols is 2. The summed E-state index contributed by atoms with van der Waals surface area (Å²) in [5, 5.41) is 47.6. The molecular weight excluding hydrogens is 608 g/mol. The lowest BCUT2D eigenvalue weighted by molar-refractivity contribution is -0.248. The summed E-state index contributed by atoms with van der Waals surface area (Å²) in [5.74, 6) is -2.48. The highest BCUT2D eigenvalue weighted by Crippen LogP contribution is 2.51. The SMILES string of the molecule is C[C@@H]1O[C@@H](O[C@H]2C[C@](O)(COC(=O)Nc3ccccc3)Cc3c(O)c4c(c(O)c32)C(=O)c2ccccc2C4=O)C[C@@H](N)[C@H]1O.Cl. The molecule has 0 unspecified atom stereocenters. The van der Waals surface area contributed by atoms with Crippen molar-refractivity contribution in [3.8, 4) is 11.5 Å². The third-order valence-electron chi connectivity index (χ3n) is 8.41. The zero-order chi connectivity index (χ0) is 31.3. The van der Waals surface area contributed by atoms with Gasteiger partial charge in [-0.2, -0.15) is 0 Å². The third kappa shape index (κ3) is 5.88. The van der Waals surface area contributed by atoms with Gasteiger partial charge in [0.2, 0.25) is 0 Å². The molecule has 3 aromatic carbocycles. The van der Waals surface area contributed by atoms with Gasteiger partial charge in [-0.3, -0.25) is 14.9 Å². The zero-order valence-electron chi connectivity index (χ0n) is 24.1. The van der Waals surface area contributed by atoms with E-state index in [1.165, 1.54) is 12.1 Å². The van der Waals surface area contributed by atoms with Crippen LogP contribution in [-0.2, 0) is 20.6 Å². The summed E-state index contributed by atoms with van der Waals surface area (Å²) >= 11 is 0. The number of hydrogen-bond donors (Lipinski definition) is 6. The first kappa shape index (κ1) is 32.4. The van der Waals surface area contributed by atoms with Crippen LogP contribution in [0.15, 0.2) is 54.6 Å². The number of nitrogens with one attached hydrogen (secondary N) is 1. The van der Waals surface area contributed by atoms with Gasteiger partial charge >= 0.3 is 6.09 Å². The Morgan fingerprint density at radius 2 is 1.62 bits per heavy atom. The summed E-state index contributed by atoms with van der Waals surface area (Å²) in [6.07, 6.45) is -5.23. The molecule has 1 saturated heterocycles. The number of amides is 1. The van der Waals surface area contributed by atoms with Crippen molar-refractivity contribution < 1.29 is 49.0 Å². The average Bonchev–Trinajstić information content (AvgIpc) is 3.00. The molecule has 0 saturated carbocycles. The van der Waals surface area contributed by atoms with Crippen LogP contribution in [-0.4, -0.2) is 74.8 Å². The number of halogens is 1. The molecule has 238 valence electrons. The number of rotatable bonds is 5. The quantitative estimate of drug-likeness (QED) is 0.175. The van der Waals surface area contributed by atoms with Gasteiger partial charge < -0.3 is 40.4 Å². The molecule has 0 bridgehead atoms. The second-order valence-electron chi connectivity index (χ2n) is 11.5. The fraction of sp³-hybridized carbons (Fsp3) is 0.344. The summed E-state index contributed by atoms with van der Waals surface area (Å²) in [6, 6.07) is 13.9. The smallest absolute Gasteiger partial charge is 0.411 e. The second kappa shape index (κ2) is 12.4. The molecule has 7 N–H and O–H groups in total. The van der Waals surface area contributed by atoms with E-state index in [2.05, 4.69) is 5.32 Å². The molecule has 0 spiro atoms. The first-order valence-corrected chi connectivity index (χ1v) is 14.2. The molecule has 6 atom stereocenters. The summed E-state index contributed by atoms with van der Waals surface area (Å²) < 4.78 is 17.4. The molecule has 1 amide bonds. The van der Waals surface area contributed by atoms with Crippen LogP contribution in [0.1, 0.15) is 68.8 Å². The molecule has 3 aliphatic rings. The van der Waals surface area contributed by atoms with E-state index in [1.54, 1.807) is 49.4 Å². The van der Waals surface area contributed by atoms with Gasteiger partial charge in [0.15, 0.2) is 17.9 Å². The Balaban J connectivity index is 0.00000400. The Morgan fingerprint density at radius 3 is 2.24 bits per heavy atom. The molecule has 2 aliphatic carbocycles. The number of para-hydroxylation sites is 1. The van der Waals surface area contributed by atoms with Crippen LogP contribution in [0, 0.1) is 0 Å². The van der Waals surface area contributed by atoms with Gasteiger partial charge in [0.05, 0.1) is 29.4 Å². The van der Waals surface area contributed by atoms with E-state index in [-0.39, 0.29) is 65.1 Å². The minimum absolute atomic E-state index is 0. The summed E-state index contributed by atoms with van der Waals surface area (Å²) in [7, 11) is 0. The highest BCUT2D eigenvalue weighted by atomic mass is 35.5. The van der Waals surface area contributed by atoms with Crippen LogP contribution in [0.2, 0.25) is 0 Å². The van der Waals surface area contributed by atoms with Crippen LogP contribution < -0.4 is 11.1 Å². The van der Waals surface area contributed by atoms with E-state index >= 15 is 0 Å². The predicted octanol–water partition coefficient (Wildman–Crippen LogP) is 3.10. The number of aliphatic hydroxyl groups excluding tert-OH is 1. The fourth-order valence-corrected chi connectivity index (χ4v) is 6.22. The van der Waals surface area contributed by atoms with Crippen LogP contribution in [0.25, 0.3) is 0 Å². The van der Waals surface area contributed by atoms with Gasteiger partial charge in [-0.15, -0.1) is 12.4 Å². The zero-order valence-corrected chi connectivity index (χ0v) is 25.0. The lowest BCUT2D eigenvalue weighted by Crippen LogP contribution is -2.52. The first-order valence-electron chi connectivity index (χ1n) is 14.2. The van der Waals surface area contributed by atoms with Crippen LogP contribution in [0.5, 0.6) is 11.5 Å². The molecule has 1 aliphatic heterocycles. The Hall–Kier alpha value is -4.04. The molecule has 1 fully saturated rings. The van der Waals surface area contributed by atoms with E-state index in [4.69, 9.17) is 19.9 Å². The lowest BCUT2D eigenvalue weighted by Gasteiger charge is -2.42. The fourth-order valence-electron chi connectivity index (χ4n) is 6.22. The molecule has 3 aromatic rings.